The third-order valence-corrected chi connectivity index (χ3v) is 3.81. The third-order valence-electron chi connectivity index (χ3n) is 3.81. The largest absolute Gasteiger partial charge is 0.345 e. The second-order valence-electron chi connectivity index (χ2n) is 5.74. The Morgan fingerprint density at radius 3 is 2.74 bits per heavy atom. The molecule has 1 amide bonds. The molecule has 0 aliphatic carbocycles. The Morgan fingerprint density at radius 1 is 1.37 bits per heavy atom. The monoisotopic (exact) mass is 368 g/mol. The van der Waals surface area contributed by atoms with E-state index in [1.165, 1.54) is 18.5 Å². The Labute approximate surface area is 151 Å². The molecule has 0 fully saturated rings. The van der Waals surface area contributed by atoms with Crippen molar-refractivity contribution >= 4 is 16.8 Å². The summed E-state index contributed by atoms with van der Waals surface area (Å²) in [5, 5.41) is 11.3. The van der Waals surface area contributed by atoms with E-state index >= 15 is 0 Å². The van der Waals surface area contributed by atoms with Crippen molar-refractivity contribution in [2.45, 2.75) is 19.5 Å². The van der Waals surface area contributed by atoms with E-state index in [0.29, 0.717) is 4.57 Å². The van der Waals surface area contributed by atoms with Gasteiger partial charge in [-0.1, -0.05) is 0 Å². The third kappa shape index (κ3) is 3.72. The van der Waals surface area contributed by atoms with E-state index < -0.39 is 35.6 Å². The highest BCUT2D eigenvalue weighted by Crippen LogP contribution is 2.08. The van der Waals surface area contributed by atoms with Crippen LogP contribution < -0.4 is 16.6 Å². The molecule has 0 spiro atoms. The molecule has 136 valence electrons. The molecule has 0 unspecified atom stereocenters. The molecule has 1 aromatic carbocycles. The van der Waals surface area contributed by atoms with Crippen molar-refractivity contribution in [3.63, 3.8) is 0 Å². The summed E-state index contributed by atoms with van der Waals surface area (Å²) in [7, 11) is 0. The molecule has 0 bridgehead atoms. The molecule has 0 saturated heterocycles. The zero-order valence-electron chi connectivity index (χ0n) is 14.1. The molecule has 0 radical (unpaired) electrons. The lowest BCUT2D eigenvalue weighted by Crippen LogP contribution is -2.41. The van der Waals surface area contributed by atoms with Crippen LogP contribution in [0.25, 0.3) is 10.9 Å². The van der Waals surface area contributed by atoms with E-state index in [9.17, 15) is 18.8 Å². The van der Waals surface area contributed by atoms with Crippen LogP contribution in [0.2, 0.25) is 0 Å². The molecule has 0 aliphatic rings. The number of hydrogen-bond acceptors (Lipinski definition) is 6. The Balaban J connectivity index is 1.82. The molecule has 2 heterocycles. The van der Waals surface area contributed by atoms with E-state index in [0.717, 1.165) is 12.1 Å². The van der Waals surface area contributed by atoms with Crippen molar-refractivity contribution in [1.29, 1.82) is 5.26 Å². The number of carbonyl (C=O) groups excluding carboxylic acids is 1. The number of rotatable bonds is 4. The Bertz CT molecular complexity index is 1180. The van der Waals surface area contributed by atoms with Gasteiger partial charge in [0.15, 0.2) is 0 Å². The van der Waals surface area contributed by atoms with Crippen molar-refractivity contribution in [3.05, 3.63) is 68.6 Å². The van der Waals surface area contributed by atoms with Crippen LogP contribution in [0, 0.1) is 17.1 Å². The highest BCUT2D eigenvalue weighted by molar-refractivity contribution is 5.79. The van der Waals surface area contributed by atoms with Gasteiger partial charge in [0.1, 0.15) is 24.3 Å². The number of nitrogens with one attached hydrogen (secondary N) is 2. The van der Waals surface area contributed by atoms with Gasteiger partial charge in [0.2, 0.25) is 5.91 Å². The fourth-order valence-electron chi connectivity index (χ4n) is 2.48. The van der Waals surface area contributed by atoms with Crippen molar-refractivity contribution in [1.82, 2.24) is 24.8 Å². The van der Waals surface area contributed by atoms with Gasteiger partial charge >= 0.3 is 5.69 Å². The van der Waals surface area contributed by atoms with Crippen LogP contribution in [0.15, 0.2) is 40.2 Å². The minimum atomic E-state index is -0.781. The van der Waals surface area contributed by atoms with E-state index in [2.05, 4.69) is 20.3 Å². The molecular weight excluding hydrogens is 355 g/mol. The van der Waals surface area contributed by atoms with E-state index in [4.69, 9.17) is 5.26 Å². The summed E-state index contributed by atoms with van der Waals surface area (Å²) in [6.07, 6.45) is 2.64. The maximum atomic E-state index is 13.4. The van der Waals surface area contributed by atoms with Crippen molar-refractivity contribution in [2.75, 3.05) is 0 Å². The van der Waals surface area contributed by atoms with Gasteiger partial charge in [-0.15, -0.1) is 0 Å². The first-order valence-corrected chi connectivity index (χ1v) is 7.83. The SMILES string of the molecule is C[C@@H](NC(=O)Cn1c(=O)[nH]c2ccc(F)cc2c1=O)c1ncc(C#N)cn1. The van der Waals surface area contributed by atoms with Crippen LogP contribution in [-0.2, 0) is 11.3 Å². The normalized spacial score (nSPS) is 11.7. The summed E-state index contributed by atoms with van der Waals surface area (Å²) >= 11 is 0. The summed E-state index contributed by atoms with van der Waals surface area (Å²) in [5.41, 5.74) is -1.09. The van der Waals surface area contributed by atoms with Gasteiger partial charge in [-0.3, -0.25) is 14.2 Å². The lowest BCUT2D eigenvalue weighted by atomic mass is 10.2. The van der Waals surface area contributed by atoms with Gasteiger partial charge in [-0.2, -0.15) is 5.26 Å². The van der Waals surface area contributed by atoms with E-state index in [1.807, 2.05) is 6.07 Å². The number of benzene rings is 1. The fourth-order valence-corrected chi connectivity index (χ4v) is 2.48. The molecule has 1 atom stereocenters. The van der Waals surface area contributed by atoms with Gasteiger partial charge in [-0.05, 0) is 25.1 Å². The van der Waals surface area contributed by atoms with Gasteiger partial charge < -0.3 is 10.3 Å². The lowest BCUT2D eigenvalue weighted by Gasteiger charge is -2.13. The first kappa shape index (κ1) is 17.9. The molecule has 2 N–H and O–H groups in total. The summed E-state index contributed by atoms with van der Waals surface area (Å²) in [6.45, 7) is 1.06. The molecule has 2 aromatic heterocycles. The molecular formula is C17H13FN6O3. The zero-order valence-corrected chi connectivity index (χ0v) is 14.1. The highest BCUT2D eigenvalue weighted by Gasteiger charge is 2.16. The number of fused-ring (bicyclic) bond motifs is 1. The summed E-state index contributed by atoms with van der Waals surface area (Å²) in [4.78, 5) is 47.1. The molecule has 0 aliphatic heterocycles. The number of hydrogen-bond donors (Lipinski definition) is 2. The second-order valence-corrected chi connectivity index (χ2v) is 5.74. The topological polar surface area (TPSA) is 134 Å². The van der Waals surface area contributed by atoms with E-state index in [-0.39, 0.29) is 22.3 Å². The first-order chi connectivity index (χ1) is 12.9. The summed E-state index contributed by atoms with van der Waals surface area (Å²) in [5.74, 6) is -0.989. The number of amides is 1. The molecule has 9 nitrogen and oxygen atoms in total. The average Bonchev–Trinajstić information content (AvgIpc) is 2.66. The summed E-state index contributed by atoms with van der Waals surface area (Å²) in [6, 6.07) is 4.66. The number of H-pyrrole nitrogens is 1. The van der Waals surface area contributed by atoms with Gasteiger partial charge in [0.05, 0.1) is 22.5 Å². The van der Waals surface area contributed by atoms with Crippen molar-refractivity contribution in [2.24, 2.45) is 0 Å². The number of aromatic nitrogens is 4. The van der Waals surface area contributed by atoms with E-state index in [1.54, 1.807) is 6.92 Å². The molecule has 3 rings (SSSR count). The predicted molar refractivity (Wildman–Crippen MR) is 92.1 cm³/mol. The predicted octanol–water partition coefficient (Wildman–Crippen LogP) is 0.368. The number of nitrogens with zero attached hydrogens (tertiary/aromatic N) is 4. The van der Waals surface area contributed by atoms with Crippen LogP contribution in [0.4, 0.5) is 4.39 Å². The number of nitriles is 1. The minimum Gasteiger partial charge on any atom is -0.345 e. The Kier molecular flexibility index (Phi) is 4.76. The van der Waals surface area contributed by atoms with Crippen molar-refractivity contribution in [3.8, 4) is 6.07 Å². The molecule has 27 heavy (non-hydrogen) atoms. The standard InChI is InChI=1S/C17H13FN6O3/c1-9(15-20-6-10(5-19)7-21-15)22-14(25)8-24-16(26)12-4-11(18)2-3-13(12)23-17(24)27/h2-4,6-7,9H,8H2,1H3,(H,22,25)(H,23,27)/t9-/m1/s1. The lowest BCUT2D eigenvalue weighted by molar-refractivity contribution is -0.122. The minimum absolute atomic E-state index is 0.0362. The van der Waals surface area contributed by atoms with Crippen LogP contribution in [0.1, 0.15) is 24.4 Å². The van der Waals surface area contributed by atoms with Crippen LogP contribution in [-0.4, -0.2) is 25.4 Å². The highest BCUT2D eigenvalue weighted by atomic mass is 19.1. The quantitative estimate of drug-likeness (QED) is 0.683. The molecule has 3 aromatic rings. The number of halogens is 1. The first-order valence-electron chi connectivity index (χ1n) is 7.83. The Morgan fingerprint density at radius 2 is 2.07 bits per heavy atom. The van der Waals surface area contributed by atoms with Crippen molar-refractivity contribution < 1.29 is 9.18 Å². The fraction of sp³-hybridized carbons (Fsp3) is 0.176. The maximum Gasteiger partial charge on any atom is 0.329 e. The summed E-state index contributed by atoms with van der Waals surface area (Å²) < 4.78 is 14.1. The molecule has 0 saturated carbocycles. The smallest absolute Gasteiger partial charge is 0.329 e. The number of carbonyl (C=O) groups is 1. The second kappa shape index (κ2) is 7.17. The van der Waals surface area contributed by atoms with Crippen LogP contribution in [0.3, 0.4) is 0 Å². The van der Waals surface area contributed by atoms with Gasteiger partial charge in [-0.25, -0.2) is 19.2 Å². The van der Waals surface area contributed by atoms with Crippen LogP contribution >= 0.6 is 0 Å². The molecule has 10 heteroatoms. The number of aromatic amines is 1. The van der Waals surface area contributed by atoms with Gasteiger partial charge in [0, 0.05) is 12.4 Å². The zero-order chi connectivity index (χ0) is 19.6. The Hall–Kier alpha value is -3.87. The average molecular weight is 368 g/mol. The maximum absolute atomic E-state index is 13.4. The van der Waals surface area contributed by atoms with Crippen LogP contribution in [0.5, 0.6) is 0 Å². The van der Waals surface area contributed by atoms with Gasteiger partial charge in [0.25, 0.3) is 5.56 Å².